The van der Waals surface area contributed by atoms with Crippen LogP contribution in [0.2, 0.25) is 0 Å². The second kappa shape index (κ2) is 8.33. The summed E-state index contributed by atoms with van der Waals surface area (Å²) in [5.74, 6) is -4.13. The van der Waals surface area contributed by atoms with Crippen LogP contribution in [0.5, 0.6) is 0 Å². The van der Waals surface area contributed by atoms with Crippen LogP contribution in [0.25, 0.3) is 22.4 Å². The van der Waals surface area contributed by atoms with Crippen molar-refractivity contribution in [1.82, 2.24) is 9.97 Å². The van der Waals surface area contributed by atoms with Gasteiger partial charge in [0.25, 0.3) is 5.91 Å². The third kappa shape index (κ3) is 3.96. The lowest BCUT2D eigenvalue weighted by atomic mass is 9.87. The minimum atomic E-state index is -1.11. The Balaban J connectivity index is 2.04. The Morgan fingerprint density at radius 1 is 1.19 bits per heavy atom. The average Bonchev–Trinajstić information content (AvgIpc) is 2.75. The van der Waals surface area contributed by atoms with Crippen molar-refractivity contribution in [2.24, 2.45) is 5.73 Å². The zero-order chi connectivity index (χ0) is 23.0. The quantitative estimate of drug-likeness (QED) is 0.637. The summed E-state index contributed by atoms with van der Waals surface area (Å²) in [5.41, 5.74) is 2.94. The molecule has 3 heterocycles. The number of hydrogen-bond acceptors (Lipinski definition) is 5. The van der Waals surface area contributed by atoms with Gasteiger partial charge in [-0.15, -0.1) is 0 Å². The number of nitrogens with two attached hydrogens (primary N) is 1. The lowest BCUT2D eigenvalue weighted by Gasteiger charge is -2.34. The van der Waals surface area contributed by atoms with Crippen molar-refractivity contribution in [2.75, 3.05) is 6.61 Å². The molecule has 1 aliphatic heterocycles. The molecule has 4 rings (SSSR count). The van der Waals surface area contributed by atoms with E-state index >= 15 is 4.39 Å². The molecular weight excluding hydrogens is 423 g/mol. The highest BCUT2D eigenvalue weighted by molar-refractivity contribution is 5.99. The molecule has 1 saturated heterocycles. The molecule has 1 aliphatic rings. The Hall–Kier alpha value is -3.30. The zero-order valence-corrected chi connectivity index (χ0v) is 17.1. The third-order valence-corrected chi connectivity index (χ3v) is 5.42. The predicted molar refractivity (Wildman–Crippen MR) is 110 cm³/mol. The number of nitrogens with zero attached hydrogens (tertiary/aromatic N) is 2. The predicted octanol–water partition coefficient (Wildman–Crippen LogP) is 3.93. The van der Waals surface area contributed by atoms with Gasteiger partial charge in [-0.25, -0.2) is 18.2 Å². The molecule has 1 aromatic carbocycles. The van der Waals surface area contributed by atoms with Crippen LogP contribution in [-0.2, 0) is 4.74 Å². The number of amides is 1. The molecule has 0 bridgehead atoms. The number of ether oxygens (including phenoxy) is 1. The van der Waals surface area contributed by atoms with Crippen LogP contribution in [0.4, 0.5) is 13.2 Å². The van der Waals surface area contributed by atoms with Gasteiger partial charge >= 0.3 is 0 Å². The first-order chi connectivity index (χ1) is 15.2. The normalized spacial score (nSPS) is 20.8. The highest BCUT2D eigenvalue weighted by Gasteiger charge is 2.36. The van der Waals surface area contributed by atoms with Gasteiger partial charge in [0, 0.05) is 29.1 Å². The summed E-state index contributed by atoms with van der Waals surface area (Å²) in [6.07, 6.45) is 2.45. The summed E-state index contributed by atoms with van der Waals surface area (Å²) < 4.78 is 50.7. The number of carbonyl (C=O) groups is 1. The molecule has 6 nitrogen and oxygen atoms in total. The Labute approximate surface area is 181 Å². The molecule has 166 valence electrons. The number of halogens is 3. The lowest BCUT2D eigenvalue weighted by Crippen LogP contribution is -2.36. The monoisotopic (exact) mass is 443 g/mol. The van der Waals surface area contributed by atoms with Crippen molar-refractivity contribution < 1.29 is 27.8 Å². The number of aromatic nitrogens is 2. The first-order valence-corrected chi connectivity index (χ1v) is 9.91. The first kappa shape index (κ1) is 21.9. The second-order valence-electron chi connectivity index (χ2n) is 7.95. The second-order valence-corrected chi connectivity index (χ2v) is 7.95. The van der Waals surface area contributed by atoms with Crippen molar-refractivity contribution in [2.45, 2.75) is 31.5 Å². The number of aliphatic hydroxyl groups is 1. The van der Waals surface area contributed by atoms with Gasteiger partial charge in [-0.05, 0) is 38.0 Å². The van der Waals surface area contributed by atoms with E-state index in [-0.39, 0.29) is 36.3 Å². The van der Waals surface area contributed by atoms with Gasteiger partial charge in [0.05, 0.1) is 23.9 Å². The Morgan fingerprint density at radius 3 is 2.47 bits per heavy atom. The van der Waals surface area contributed by atoms with E-state index in [1.54, 1.807) is 19.1 Å². The molecule has 2 atom stereocenters. The van der Waals surface area contributed by atoms with Gasteiger partial charge in [-0.3, -0.25) is 9.78 Å². The molecule has 1 fully saturated rings. The maximum absolute atomic E-state index is 16.0. The maximum Gasteiger partial charge on any atom is 0.267 e. The highest BCUT2D eigenvalue weighted by Crippen LogP contribution is 2.43. The Kier molecular flexibility index (Phi) is 5.70. The minimum absolute atomic E-state index is 0.0372. The molecule has 3 aromatic rings. The molecule has 0 saturated carbocycles. The van der Waals surface area contributed by atoms with Crippen LogP contribution in [0, 0.1) is 17.5 Å². The molecule has 9 heteroatoms. The number of pyridine rings is 2. The topological polar surface area (TPSA) is 98.3 Å². The Morgan fingerprint density at radius 2 is 1.91 bits per heavy atom. The van der Waals surface area contributed by atoms with Crippen LogP contribution in [0.15, 0.2) is 42.7 Å². The number of benzene rings is 1. The van der Waals surface area contributed by atoms with Crippen LogP contribution in [-0.4, -0.2) is 33.2 Å². The van der Waals surface area contributed by atoms with Gasteiger partial charge in [-0.2, -0.15) is 0 Å². The number of rotatable bonds is 4. The van der Waals surface area contributed by atoms with Crippen LogP contribution < -0.4 is 5.73 Å². The minimum Gasteiger partial charge on any atom is -0.388 e. The number of carbonyl (C=O) groups excluding carboxylic acids is 1. The molecule has 32 heavy (non-hydrogen) atoms. The van der Waals surface area contributed by atoms with Gasteiger partial charge in [0.2, 0.25) is 0 Å². The number of primary amides is 1. The summed E-state index contributed by atoms with van der Waals surface area (Å²) in [6.45, 7) is 1.49. The molecule has 2 unspecified atom stereocenters. The van der Waals surface area contributed by atoms with E-state index in [2.05, 4.69) is 9.97 Å². The summed E-state index contributed by atoms with van der Waals surface area (Å²) in [6, 6.07) is 6.23. The van der Waals surface area contributed by atoms with Crippen LogP contribution >= 0.6 is 0 Å². The first-order valence-electron chi connectivity index (χ1n) is 9.91. The van der Waals surface area contributed by atoms with Crippen LogP contribution in [0.3, 0.4) is 0 Å². The number of hydrogen-bond donors (Lipinski definition) is 2. The van der Waals surface area contributed by atoms with E-state index in [1.165, 1.54) is 12.4 Å². The molecular formula is C23H20F3N3O3. The highest BCUT2D eigenvalue weighted by atomic mass is 19.1. The summed E-state index contributed by atoms with van der Waals surface area (Å²) in [7, 11) is 0. The molecule has 1 amide bonds. The van der Waals surface area contributed by atoms with E-state index < -0.39 is 46.3 Å². The fourth-order valence-corrected chi connectivity index (χ4v) is 3.86. The SMILES string of the molecule is CC1(O)CCC(c2c(F)c(-c3c(F)cccc3F)nc(C(N)=O)c2-c2cccnc2)OC1. The van der Waals surface area contributed by atoms with Crippen molar-refractivity contribution in [1.29, 1.82) is 0 Å². The van der Waals surface area contributed by atoms with E-state index in [0.29, 0.717) is 5.56 Å². The summed E-state index contributed by atoms with van der Waals surface area (Å²) in [5, 5.41) is 10.2. The standard InChI is InChI=1S/C23H20F3N3O3/c1-23(31)8-7-15(32-11-23)18-16(12-4-3-9-28-10-12)21(22(27)30)29-20(19(18)26)17-13(24)5-2-6-14(17)25/h2-6,9-10,15,31H,7-8,11H2,1H3,(H2,27,30). The lowest BCUT2D eigenvalue weighted by molar-refractivity contribution is -0.111. The van der Waals surface area contributed by atoms with Gasteiger partial charge in [0.15, 0.2) is 5.82 Å². The maximum atomic E-state index is 16.0. The van der Waals surface area contributed by atoms with Gasteiger partial charge in [0.1, 0.15) is 23.0 Å². The van der Waals surface area contributed by atoms with E-state index in [1.807, 2.05) is 0 Å². The van der Waals surface area contributed by atoms with E-state index in [9.17, 15) is 18.7 Å². The largest absolute Gasteiger partial charge is 0.388 e. The van der Waals surface area contributed by atoms with E-state index in [4.69, 9.17) is 10.5 Å². The molecule has 2 aromatic heterocycles. The third-order valence-electron chi connectivity index (χ3n) is 5.42. The Bertz CT molecular complexity index is 1160. The fourth-order valence-electron chi connectivity index (χ4n) is 3.86. The summed E-state index contributed by atoms with van der Waals surface area (Å²) in [4.78, 5) is 20.3. The van der Waals surface area contributed by atoms with Crippen molar-refractivity contribution in [3.8, 4) is 22.4 Å². The molecule has 0 radical (unpaired) electrons. The smallest absolute Gasteiger partial charge is 0.267 e. The van der Waals surface area contributed by atoms with Gasteiger partial charge in [-0.1, -0.05) is 12.1 Å². The summed E-state index contributed by atoms with van der Waals surface area (Å²) >= 11 is 0. The van der Waals surface area contributed by atoms with E-state index in [0.717, 1.165) is 18.2 Å². The van der Waals surface area contributed by atoms with Crippen LogP contribution in [0.1, 0.15) is 41.9 Å². The van der Waals surface area contributed by atoms with Gasteiger partial charge < -0.3 is 15.6 Å². The molecule has 0 spiro atoms. The van der Waals surface area contributed by atoms with Crippen molar-refractivity contribution >= 4 is 5.91 Å². The molecule has 0 aliphatic carbocycles. The molecule has 3 N–H and O–H groups in total. The zero-order valence-electron chi connectivity index (χ0n) is 17.1. The van der Waals surface area contributed by atoms with Crippen molar-refractivity contribution in [3.05, 3.63) is 71.4 Å². The average molecular weight is 443 g/mol. The van der Waals surface area contributed by atoms with Crippen molar-refractivity contribution in [3.63, 3.8) is 0 Å². The fraction of sp³-hybridized carbons (Fsp3) is 0.261.